The normalized spacial score (nSPS) is 11.3. The minimum Gasteiger partial charge on any atom is -0.491 e. The molecule has 0 aliphatic heterocycles. The van der Waals surface area contributed by atoms with Gasteiger partial charge in [0, 0.05) is 0 Å². The third-order valence-corrected chi connectivity index (χ3v) is 3.88. The van der Waals surface area contributed by atoms with Crippen molar-refractivity contribution in [2.45, 2.75) is 11.8 Å². The Morgan fingerprint density at radius 1 is 1.00 bits per heavy atom. The first-order valence-electron chi connectivity index (χ1n) is 6.46. The second-order valence-electron chi connectivity index (χ2n) is 4.41. The summed E-state index contributed by atoms with van der Waals surface area (Å²) in [5.74, 6) is 0.711. The topological polar surface area (TPSA) is 64.6 Å². The van der Waals surface area contributed by atoms with Crippen molar-refractivity contribution in [2.75, 3.05) is 13.2 Å². The molecule has 0 radical (unpaired) electrons. The van der Waals surface area contributed by atoms with Gasteiger partial charge in [-0.2, -0.15) is 0 Å². The second-order valence-corrected chi connectivity index (χ2v) is 6.06. The second kappa shape index (κ2) is 7.21. The summed E-state index contributed by atoms with van der Waals surface area (Å²) in [5, 5.41) is 0. The van der Waals surface area contributed by atoms with Gasteiger partial charge in [-0.1, -0.05) is 35.2 Å². The van der Waals surface area contributed by atoms with Gasteiger partial charge >= 0.3 is 0 Å². The molecule has 0 heterocycles. The molecule has 112 valence electrons. The van der Waals surface area contributed by atoms with E-state index in [-0.39, 0.29) is 18.1 Å². The largest absolute Gasteiger partial charge is 0.491 e. The number of rotatable bonds is 7. The molecular formula is C15H17NO4S. The van der Waals surface area contributed by atoms with E-state index in [0.717, 1.165) is 5.56 Å². The molecule has 2 aromatic carbocycles. The van der Waals surface area contributed by atoms with Gasteiger partial charge in [0.05, 0.1) is 4.90 Å². The highest BCUT2D eigenvalue weighted by atomic mass is 32.2. The lowest BCUT2D eigenvalue weighted by Gasteiger charge is -2.09. The average Bonchev–Trinajstić information content (AvgIpc) is 2.48. The fourth-order valence-corrected chi connectivity index (χ4v) is 2.60. The van der Waals surface area contributed by atoms with Crippen molar-refractivity contribution in [3.8, 4) is 5.75 Å². The molecule has 21 heavy (non-hydrogen) atoms. The van der Waals surface area contributed by atoms with E-state index in [4.69, 9.17) is 9.57 Å². The van der Waals surface area contributed by atoms with E-state index in [2.05, 4.69) is 4.89 Å². The maximum Gasteiger partial charge on any atom is 0.262 e. The Balaban J connectivity index is 1.78. The molecule has 0 fully saturated rings. The summed E-state index contributed by atoms with van der Waals surface area (Å²) in [7, 11) is -3.66. The lowest BCUT2D eigenvalue weighted by molar-refractivity contribution is 0.0665. The van der Waals surface area contributed by atoms with E-state index in [1.165, 1.54) is 6.07 Å². The average molecular weight is 307 g/mol. The van der Waals surface area contributed by atoms with Crippen LogP contribution in [0.3, 0.4) is 0 Å². The summed E-state index contributed by atoms with van der Waals surface area (Å²) < 4.78 is 29.3. The van der Waals surface area contributed by atoms with Crippen LogP contribution in [-0.2, 0) is 14.9 Å². The summed E-state index contributed by atoms with van der Waals surface area (Å²) in [5.41, 5.74) is 0.866. The van der Waals surface area contributed by atoms with Gasteiger partial charge in [-0.25, -0.2) is 8.42 Å². The Labute approximate surface area is 124 Å². The first-order chi connectivity index (χ1) is 10.1. The molecule has 0 unspecified atom stereocenters. The van der Waals surface area contributed by atoms with Crippen molar-refractivity contribution in [3.63, 3.8) is 0 Å². The fourth-order valence-electron chi connectivity index (χ4n) is 1.67. The lowest BCUT2D eigenvalue weighted by atomic mass is 10.2. The molecule has 0 spiro atoms. The standard InChI is InChI=1S/C15H17NO4S/c1-13-6-5-9-15(12-13)21(17,18)16-20-11-10-19-14-7-3-2-4-8-14/h2-9,12,16H,10-11H2,1H3. The Kier molecular flexibility index (Phi) is 5.32. The molecule has 2 rings (SSSR count). The number of sulfonamides is 1. The van der Waals surface area contributed by atoms with E-state index < -0.39 is 10.0 Å². The number of benzene rings is 2. The minimum atomic E-state index is -3.66. The molecule has 0 aliphatic rings. The fraction of sp³-hybridized carbons (Fsp3) is 0.200. The van der Waals surface area contributed by atoms with Crippen molar-refractivity contribution >= 4 is 10.0 Å². The van der Waals surface area contributed by atoms with Crippen LogP contribution in [0.25, 0.3) is 0 Å². The van der Waals surface area contributed by atoms with Gasteiger partial charge in [0.15, 0.2) is 0 Å². The number of ether oxygens (including phenoxy) is 1. The van der Waals surface area contributed by atoms with Gasteiger partial charge < -0.3 is 4.74 Å². The first-order valence-corrected chi connectivity index (χ1v) is 7.94. The Hall–Kier alpha value is -1.89. The lowest BCUT2D eigenvalue weighted by Crippen LogP contribution is -2.26. The summed E-state index contributed by atoms with van der Waals surface area (Å²) in [6.45, 7) is 2.19. The SMILES string of the molecule is Cc1cccc(S(=O)(=O)NOCCOc2ccccc2)c1. The predicted octanol–water partition coefficient (Wildman–Crippen LogP) is 2.28. The molecule has 2 aromatic rings. The van der Waals surface area contributed by atoms with E-state index in [1.54, 1.807) is 12.1 Å². The third kappa shape index (κ3) is 4.86. The van der Waals surface area contributed by atoms with E-state index in [9.17, 15) is 8.42 Å². The van der Waals surface area contributed by atoms with Crippen molar-refractivity contribution in [1.29, 1.82) is 0 Å². The summed E-state index contributed by atoms with van der Waals surface area (Å²) >= 11 is 0. The summed E-state index contributed by atoms with van der Waals surface area (Å²) in [4.78, 5) is 7.21. The van der Waals surface area contributed by atoms with E-state index >= 15 is 0 Å². The predicted molar refractivity (Wildman–Crippen MR) is 79.4 cm³/mol. The number of para-hydroxylation sites is 1. The van der Waals surface area contributed by atoms with Crippen LogP contribution in [-0.4, -0.2) is 21.6 Å². The van der Waals surface area contributed by atoms with Crippen molar-refractivity contribution < 1.29 is 18.0 Å². The molecule has 0 saturated carbocycles. The monoisotopic (exact) mass is 307 g/mol. The Morgan fingerprint density at radius 3 is 2.48 bits per heavy atom. The van der Waals surface area contributed by atoms with Gasteiger partial charge in [0.1, 0.15) is 19.0 Å². The molecule has 1 N–H and O–H groups in total. The third-order valence-electron chi connectivity index (χ3n) is 2.67. The van der Waals surface area contributed by atoms with Gasteiger partial charge in [-0.15, -0.1) is 0 Å². The molecule has 6 heteroatoms. The quantitative estimate of drug-likeness (QED) is 0.629. The van der Waals surface area contributed by atoms with Gasteiger partial charge in [0.2, 0.25) is 0 Å². The summed E-state index contributed by atoms with van der Waals surface area (Å²) in [6.07, 6.45) is 0. The van der Waals surface area contributed by atoms with Gasteiger partial charge in [-0.3, -0.25) is 4.84 Å². The molecular weight excluding hydrogens is 290 g/mol. The van der Waals surface area contributed by atoms with Crippen molar-refractivity contribution in [1.82, 2.24) is 4.89 Å². The van der Waals surface area contributed by atoms with E-state index in [1.807, 2.05) is 43.3 Å². The highest BCUT2D eigenvalue weighted by Gasteiger charge is 2.13. The molecule has 0 atom stereocenters. The van der Waals surface area contributed by atoms with Crippen LogP contribution >= 0.6 is 0 Å². The summed E-state index contributed by atoms with van der Waals surface area (Å²) in [6, 6.07) is 15.8. The minimum absolute atomic E-state index is 0.111. The maximum atomic E-state index is 11.9. The van der Waals surface area contributed by atoms with E-state index in [0.29, 0.717) is 5.75 Å². The highest BCUT2D eigenvalue weighted by Crippen LogP contribution is 2.10. The van der Waals surface area contributed by atoms with Crippen molar-refractivity contribution in [2.24, 2.45) is 0 Å². The van der Waals surface area contributed by atoms with Crippen LogP contribution in [0.4, 0.5) is 0 Å². The Morgan fingerprint density at radius 2 is 1.76 bits per heavy atom. The van der Waals surface area contributed by atoms with Gasteiger partial charge in [0.25, 0.3) is 10.0 Å². The van der Waals surface area contributed by atoms with Crippen LogP contribution in [0, 0.1) is 6.92 Å². The van der Waals surface area contributed by atoms with Crippen molar-refractivity contribution in [3.05, 3.63) is 60.2 Å². The van der Waals surface area contributed by atoms with Crippen LogP contribution in [0.2, 0.25) is 0 Å². The van der Waals surface area contributed by atoms with Crippen LogP contribution in [0.15, 0.2) is 59.5 Å². The number of nitrogens with one attached hydrogen (secondary N) is 1. The number of hydrogen-bond donors (Lipinski definition) is 1. The molecule has 5 nitrogen and oxygen atoms in total. The van der Waals surface area contributed by atoms with Gasteiger partial charge in [-0.05, 0) is 36.8 Å². The molecule has 0 aliphatic carbocycles. The Bertz CT molecular complexity index is 671. The smallest absolute Gasteiger partial charge is 0.262 e. The highest BCUT2D eigenvalue weighted by molar-refractivity contribution is 7.89. The van der Waals surface area contributed by atoms with Crippen LogP contribution < -0.4 is 9.62 Å². The number of aryl methyl sites for hydroxylation is 1. The zero-order valence-electron chi connectivity index (χ0n) is 11.7. The number of hydrogen-bond acceptors (Lipinski definition) is 4. The molecule has 0 saturated heterocycles. The van der Waals surface area contributed by atoms with Crippen LogP contribution in [0.1, 0.15) is 5.56 Å². The first kappa shape index (κ1) is 15.5. The van der Waals surface area contributed by atoms with Crippen LogP contribution in [0.5, 0.6) is 5.75 Å². The molecule has 0 amide bonds. The molecule has 0 bridgehead atoms. The molecule has 0 aromatic heterocycles. The zero-order valence-corrected chi connectivity index (χ0v) is 12.5. The maximum absolute atomic E-state index is 11.9. The zero-order chi connectivity index (χ0) is 15.1.